The average molecular weight is 285 g/mol. The molecular formula is C13H23N3O2S. The van der Waals surface area contributed by atoms with Crippen LogP contribution in [0.15, 0.2) is 12.1 Å². The summed E-state index contributed by atoms with van der Waals surface area (Å²) in [5.41, 5.74) is 5.67. The van der Waals surface area contributed by atoms with Crippen LogP contribution in [0.25, 0.3) is 0 Å². The molecule has 0 radical (unpaired) electrons. The summed E-state index contributed by atoms with van der Waals surface area (Å²) >= 11 is 0. The molecule has 1 aromatic heterocycles. The molecule has 1 atom stereocenters. The Hall–Kier alpha value is -0.980. The molecule has 0 spiro atoms. The maximum Gasteiger partial charge on any atom is 0.150 e. The van der Waals surface area contributed by atoms with Gasteiger partial charge in [0.05, 0.1) is 5.75 Å². The first kappa shape index (κ1) is 16.1. The van der Waals surface area contributed by atoms with Crippen LogP contribution in [0.4, 0.5) is 0 Å². The smallest absolute Gasteiger partial charge is 0.150 e. The summed E-state index contributed by atoms with van der Waals surface area (Å²) in [6, 6.07) is 3.88. The summed E-state index contributed by atoms with van der Waals surface area (Å²) in [6.45, 7) is 5.55. The molecule has 1 rings (SSSR count). The Balaban J connectivity index is 2.68. The van der Waals surface area contributed by atoms with Gasteiger partial charge in [-0.1, -0.05) is 13.0 Å². The van der Waals surface area contributed by atoms with Gasteiger partial charge in [0.15, 0.2) is 0 Å². The number of hydrogen-bond donors (Lipinski definition) is 2. The van der Waals surface area contributed by atoms with E-state index in [-0.39, 0.29) is 17.5 Å². The summed E-state index contributed by atoms with van der Waals surface area (Å²) in [5.74, 6) is 5.97. The molecule has 108 valence electrons. The van der Waals surface area contributed by atoms with Crippen molar-refractivity contribution in [1.29, 1.82) is 0 Å². The highest BCUT2D eigenvalue weighted by molar-refractivity contribution is 7.91. The van der Waals surface area contributed by atoms with Crippen molar-refractivity contribution >= 4 is 9.84 Å². The third-order valence-electron chi connectivity index (χ3n) is 3.23. The molecule has 0 saturated heterocycles. The van der Waals surface area contributed by atoms with Crippen molar-refractivity contribution in [3.8, 4) is 0 Å². The normalized spacial score (nSPS) is 13.5. The Morgan fingerprint density at radius 3 is 2.58 bits per heavy atom. The second-order valence-electron chi connectivity index (χ2n) is 4.73. The van der Waals surface area contributed by atoms with Crippen molar-refractivity contribution in [1.82, 2.24) is 10.4 Å². The Labute approximate surface area is 115 Å². The number of nitrogens with one attached hydrogen (secondary N) is 1. The maximum absolute atomic E-state index is 11.5. The van der Waals surface area contributed by atoms with Gasteiger partial charge in [-0.2, -0.15) is 0 Å². The van der Waals surface area contributed by atoms with E-state index in [1.54, 1.807) is 6.92 Å². The van der Waals surface area contributed by atoms with Gasteiger partial charge in [-0.05, 0) is 38.3 Å². The number of nitrogens with two attached hydrogens (primary N) is 1. The highest BCUT2D eigenvalue weighted by Gasteiger charge is 2.15. The van der Waals surface area contributed by atoms with Crippen molar-refractivity contribution in [2.24, 2.45) is 5.84 Å². The molecule has 0 bridgehead atoms. The molecule has 0 aliphatic rings. The van der Waals surface area contributed by atoms with E-state index < -0.39 is 9.84 Å². The van der Waals surface area contributed by atoms with Crippen molar-refractivity contribution in [3.63, 3.8) is 0 Å². The number of nitrogens with zero attached hydrogens (tertiary/aromatic N) is 1. The molecule has 3 N–H and O–H groups in total. The average Bonchev–Trinajstić information content (AvgIpc) is 2.36. The van der Waals surface area contributed by atoms with Crippen LogP contribution in [-0.4, -0.2) is 24.9 Å². The zero-order chi connectivity index (χ0) is 14.5. The molecule has 0 aliphatic heterocycles. The fourth-order valence-corrected chi connectivity index (χ4v) is 2.94. The number of sulfone groups is 1. The predicted octanol–water partition coefficient (Wildman–Crippen LogP) is 1.42. The van der Waals surface area contributed by atoms with Crippen LogP contribution >= 0.6 is 0 Å². The van der Waals surface area contributed by atoms with Crippen molar-refractivity contribution < 1.29 is 8.42 Å². The largest absolute Gasteiger partial charge is 0.271 e. The maximum atomic E-state index is 11.5. The van der Waals surface area contributed by atoms with Gasteiger partial charge in [0.1, 0.15) is 9.84 Å². The predicted molar refractivity (Wildman–Crippen MR) is 77.3 cm³/mol. The second-order valence-corrected chi connectivity index (χ2v) is 7.20. The summed E-state index contributed by atoms with van der Waals surface area (Å²) < 4.78 is 22.9. The molecule has 0 aliphatic carbocycles. The van der Waals surface area contributed by atoms with Crippen molar-refractivity contribution in [3.05, 3.63) is 29.1 Å². The van der Waals surface area contributed by atoms with E-state index in [1.807, 2.05) is 26.0 Å². The van der Waals surface area contributed by atoms with E-state index in [0.717, 1.165) is 17.0 Å². The van der Waals surface area contributed by atoms with E-state index >= 15 is 0 Å². The minimum absolute atomic E-state index is 0.0554. The molecule has 0 saturated carbocycles. The van der Waals surface area contributed by atoms with Crippen LogP contribution in [-0.2, 0) is 9.84 Å². The highest BCUT2D eigenvalue weighted by atomic mass is 32.2. The SMILES string of the molecule is CCS(=O)(=O)CCCC(NN)c1ccc(C)nc1C. The lowest BCUT2D eigenvalue weighted by Crippen LogP contribution is -2.29. The van der Waals surface area contributed by atoms with Crippen LogP contribution in [0.2, 0.25) is 0 Å². The zero-order valence-electron chi connectivity index (χ0n) is 11.8. The van der Waals surface area contributed by atoms with Gasteiger partial charge < -0.3 is 0 Å². The highest BCUT2D eigenvalue weighted by Crippen LogP contribution is 2.21. The molecule has 19 heavy (non-hydrogen) atoms. The minimum Gasteiger partial charge on any atom is -0.271 e. The van der Waals surface area contributed by atoms with Crippen LogP contribution in [0.5, 0.6) is 0 Å². The van der Waals surface area contributed by atoms with Gasteiger partial charge >= 0.3 is 0 Å². The monoisotopic (exact) mass is 285 g/mol. The third kappa shape index (κ3) is 4.89. The first-order chi connectivity index (χ1) is 8.89. The Morgan fingerprint density at radius 2 is 2.05 bits per heavy atom. The van der Waals surface area contributed by atoms with E-state index in [4.69, 9.17) is 5.84 Å². The van der Waals surface area contributed by atoms with Gasteiger partial charge in [-0.15, -0.1) is 0 Å². The van der Waals surface area contributed by atoms with Crippen LogP contribution in [0.3, 0.4) is 0 Å². The van der Waals surface area contributed by atoms with E-state index in [9.17, 15) is 8.42 Å². The number of pyridine rings is 1. The van der Waals surface area contributed by atoms with Crippen LogP contribution in [0, 0.1) is 13.8 Å². The lowest BCUT2D eigenvalue weighted by atomic mass is 10.0. The van der Waals surface area contributed by atoms with Gasteiger partial charge in [-0.3, -0.25) is 16.3 Å². The number of aromatic nitrogens is 1. The fourth-order valence-electron chi connectivity index (χ4n) is 2.05. The molecule has 0 amide bonds. The number of rotatable bonds is 7. The number of hydrogen-bond acceptors (Lipinski definition) is 5. The fraction of sp³-hybridized carbons (Fsp3) is 0.615. The first-order valence-corrected chi connectivity index (χ1v) is 8.32. The standard InChI is InChI=1S/C13H23N3O2S/c1-4-19(17,18)9-5-6-13(16-14)12-8-7-10(2)15-11(12)3/h7-8,13,16H,4-6,9,14H2,1-3H3. The van der Waals surface area contributed by atoms with E-state index in [2.05, 4.69) is 10.4 Å². The van der Waals surface area contributed by atoms with E-state index in [1.165, 1.54) is 0 Å². The molecule has 1 unspecified atom stereocenters. The quantitative estimate of drug-likeness (QED) is 0.584. The van der Waals surface area contributed by atoms with Crippen molar-refractivity contribution in [2.75, 3.05) is 11.5 Å². The van der Waals surface area contributed by atoms with Gasteiger partial charge in [-0.25, -0.2) is 8.42 Å². The number of aryl methyl sites for hydroxylation is 2. The van der Waals surface area contributed by atoms with Crippen LogP contribution < -0.4 is 11.3 Å². The third-order valence-corrected chi connectivity index (χ3v) is 5.02. The zero-order valence-corrected chi connectivity index (χ0v) is 12.6. The Kier molecular flexibility index (Phi) is 5.90. The Morgan fingerprint density at radius 1 is 1.37 bits per heavy atom. The van der Waals surface area contributed by atoms with Crippen LogP contribution in [0.1, 0.15) is 42.8 Å². The Bertz CT molecular complexity index is 515. The topological polar surface area (TPSA) is 85.1 Å². The number of hydrazine groups is 1. The summed E-state index contributed by atoms with van der Waals surface area (Å²) in [7, 11) is -2.91. The van der Waals surface area contributed by atoms with Gasteiger partial charge in [0, 0.05) is 23.2 Å². The molecule has 5 nitrogen and oxygen atoms in total. The molecular weight excluding hydrogens is 262 g/mol. The molecule has 0 fully saturated rings. The first-order valence-electron chi connectivity index (χ1n) is 6.50. The lowest BCUT2D eigenvalue weighted by Gasteiger charge is -2.18. The summed E-state index contributed by atoms with van der Waals surface area (Å²) in [4.78, 5) is 4.40. The summed E-state index contributed by atoms with van der Waals surface area (Å²) in [6.07, 6.45) is 1.28. The van der Waals surface area contributed by atoms with Gasteiger partial charge in [0.25, 0.3) is 0 Å². The molecule has 1 heterocycles. The minimum atomic E-state index is -2.91. The van der Waals surface area contributed by atoms with Crippen molar-refractivity contribution in [2.45, 2.75) is 39.7 Å². The van der Waals surface area contributed by atoms with E-state index in [0.29, 0.717) is 12.8 Å². The summed E-state index contributed by atoms with van der Waals surface area (Å²) in [5, 5.41) is 0. The van der Waals surface area contributed by atoms with Gasteiger partial charge in [0.2, 0.25) is 0 Å². The molecule has 1 aromatic rings. The second kappa shape index (κ2) is 6.98. The molecule has 0 aromatic carbocycles. The lowest BCUT2D eigenvalue weighted by molar-refractivity contribution is 0.503. The molecule has 6 heteroatoms.